The number of rotatable bonds is 0. The summed E-state index contributed by atoms with van der Waals surface area (Å²) in [5.41, 5.74) is 1.04. The van der Waals surface area contributed by atoms with Gasteiger partial charge in [-0.15, -0.1) is 0 Å². The second-order valence-electron chi connectivity index (χ2n) is 4.94. The van der Waals surface area contributed by atoms with Crippen LogP contribution in [0.1, 0.15) is 0 Å². The highest BCUT2D eigenvalue weighted by Gasteiger charge is 2.12. The van der Waals surface area contributed by atoms with Crippen molar-refractivity contribution in [1.82, 2.24) is 0 Å². The van der Waals surface area contributed by atoms with Gasteiger partial charge in [0.2, 0.25) is 5.52 Å². The minimum Gasteiger partial charge on any atom is -0.508 e. The molecular weight excluding hydrogens is 250 g/mol. The van der Waals surface area contributed by atoms with Crippen molar-refractivity contribution in [3.63, 3.8) is 0 Å². The summed E-state index contributed by atoms with van der Waals surface area (Å²) in [6.07, 6.45) is 3.86. The number of fused-ring (bicyclic) bond motifs is 4. The van der Waals surface area contributed by atoms with E-state index in [-0.39, 0.29) is 11.5 Å². The first-order valence-corrected chi connectivity index (χ1v) is 6.41. The third kappa shape index (κ3) is 1.50. The Bertz CT molecular complexity index is 977. The molecule has 0 saturated heterocycles. The van der Waals surface area contributed by atoms with Crippen LogP contribution >= 0.6 is 0 Å². The van der Waals surface area contributed by atoms with E-state index in [1.54, 1.807) is 6.07 Å². The standard InChI is InChI=1S/C17H11NO2/c19-13-7-12-8-16-14-4-2-1-3-11(14)5-6-18(16)10-15(12)17(20)9-13/h1-10H,(H,19,20)/p+1. The smallest absolute Gasteiger partial charge is 0.219 e. The van der Waals surface area contributed by atoms with Crippen LogP contribution in [0, 0.1) is 0 Å². The number of aromatic nitrogens is 1. The fourth-order valence-electron chi connectivity index (χ4n) is 2.71. The van der Waals surface area contributed by atoms with Gasteiger partial charge >= 0.3 is 0 Å². The summed E-state index contributed by atoms with van der Waals surface area (Å²) in [7, 11) is 0. The van der Waals surface area contributed by atoms with Crippen LogP contribution < -0.4 is 4.40 Å². The Hall–Kier alpha value is -2.81. The average Bonchev–Trinajstić information content (AvgIpc) is 2.45. The van der Waals surface area contributed by atoms with E-state index in [0.29, 0.717) is 0 Å². The second kappa shape index (κ2) is 3.84. The van der Waals surface area contributed by atoms with E-state index < -0.39 is 0 Å². The van der Waals surface area contributed by atoms with E-state index in [9.17, 15) is 10.2 Å². The highest BCUT2D eigenvalue weighted by Crippen LogP contribution is 2.30. The van der Waals surface area contributed by atoms with Gasteiger partial charge in [0.1, 0.15) is 11.5 Å². The Labute approximate surface area is 115 Å². The Kier molecular flexibility index (Phi) is 2.12. The van der Waals surface area contributed by atoms with Gasteiger partial charge in [0.25, 0.3) is 0 Å². The number of pyridine rings is 2. The highest BCUT2D eigenvalue weighted by atomic mass is 16.3. The van der Waals surface area contributed by atoms with Crippen molar-refractivity contribution in [3.05, 3.63) is 60.9 Å². The van der Waals surface area contributed by atoms with Crippen molar-refractivity contribution < 1.29 is 14.6 Å². The van der Waals surface area contributed by atoms with Crippen molar-refractivity contribution in [2.24, 2.45) is 0 Å². The van der Waals surface area contributed by atoms with Gasteiger partial charge < -0.3 is 10.2 Å². The van der Waals surface area contributed by atoms with Crippen molar-refractivity contribution in [2.45, 2.75) is 0 Å². The highest BCUT2D eigenvalue weighted by molar-refractivity contribution is 5.98. The Balaban J connectivity index is 2.24. The summed E-state index contributed by atoms with van der Waals surface area (Å²) in [5, 5.41) is 23.4. The SMILES string of the molecule is Oc1cc(O)c2c[n+]3ccc4ccccc4c3cc2c1. The molecule has 20 heavy (non-hydrogen) atoms. The van der Waals surface area contributed by atoms with Gasteiger partial charge in [0.05, 0.1) is 10.8 Å². The lowest BCUT2D eigenvalue weighted by atomic mass is 10.1. The van der Waals surface area contributed by atoms with Gasteiger partial charge in [-0.3, -0.25) is 0 Å². The molecule has 0 bridgehead atoms. The first-order chi connectivity index (χ1) is 9.72. The maximum atomic E-state index is 9.95. The summed E-state index contributed by atoms with van der Waals surface area (Å²) in [6, 6.07) is 15.2. The molecular formula is C17H12NO2+. The largest absolute Gasteiger partial charge is 0.508 e. The van der Waals surface area contributed by atoms with Crippen molar-refractivity contribution in [2.75, 3.05) is 0 Å². The fourth-order valence-corrected chi connectivity index (χ4v) is 2.71. The predicted octanol–water partition coefficient (Wildman–Crippen LogP) is 3.14. The number of phenolic OH excluding ortho intramolecular Hbond substituents is 2. The molecule has 2 N–H and O–H groups in total. The molecule has 0 aliphatic rings. The van der Waals surface area contributed by atoms with E-state index in [0.717, 1.165) is 27.1 Å². The van der Waals surface area contributed by atoms with Gasteiger partial charge in [0.15, 0.2) is 12.4 Å². The molecule has 4 aromatic rings. The van der Waals surface area contributed by atoms with Gasteiger partial charge in [-0.2, -0.15) is 4.40 Å². The molecule has 96 valence electrons. The lowest BCUT2D eigenvalue weighted by Gasteiger charge is -2.03. The molecule has 2 aromatic carbocycles. The normalized spacial score (nSPS) is 11.4. The van der Waals surface area contributed by atoms with E-state index in [1.807, 2.05) is 41.1 Å². The average molecular weight is 262 g/mol. The quantitative estimate of drug-likeness (QED) is 0.290. The fraction of sp³-hybridized carbons (Fsp3) is 0. The third-order valence-electron chi connectivity index (χ3n) is 3.66. The van der Waals surface area contributed by atoms with Gasteiger partial charge in [-0.1, -0.05) is 18.2 Å². The van der Waals surface area contributed by atoms with Crippen molar-refractivity contribution >= 4 is 27.1 Å². The van der Waals surface area contributed by atoms with Crippen LogP contribution in [-0.4, -0.2) is 10.2 Å². The van der Waals surface area contributed by atoms with E-state index >= 15 is 0 Å². The number of hydrogen-bond donors (Lipinski definition) is 2. The minimum absolute atomic E-state index is 0.0691. The van der Waals surface area contributed by atoms with Crippen LogP contribution in [0.3, 0.4) is 0 Å². The number of aromatic hydroxyl groups is 2. The lowest BCUT2D eigenvalue weighted by molar-refractivity contribution is -0.509. The van der Waals surface area contributed by atoms with Crippen LogP contribution in [-0.2, 0) is 0 Å². The Morgan fingerprint density at radius 2 is 1.65 bits per heavy atom. The molecule has 0 aliphatic carbocycles. The molecule has 0 aliphatic heterocycles. The maximum Gasteiger partial charge on any atom is 0.219 e. The van der Waals surface area contributed by atoms with E-state index in [2.05, 4.69) is 12.1 Å². The summed E-state index contributed by atoms with van der Waals surface area (Å²) in [4.78, 5) is 0. The van der Waals surface area contributed by atoms with Crippen molar-refractivity contribution in [3.8, 4) is 11.5 Å². The maximum absolute atomic E-state index is 9.95. The molecule has 0 fully saturated rings. The van der Waals surface area contributed by atoms with E-state index in [1.165, 1.54) is 6.07 Å². The summed E-state index contributed by atoms with van der Waals surface area (Å²) in [6.45, 7) is 0. The van der Waals surface area contributed by atoms with E-state index in [4.69, 9.17) is 0 Å². The number of phenols is 2. The molecule has 2 aromatic heterocycles. The molecule has 0 atom stereocenters. The molecule has 3 heteroatoms. The number of hydrogen-bond acceptors (Lipinski definition) is 2. The number of nitrogens with zero attached hydrogens (tertiary/aromatic N) is 1. The molecule has 0 saturated carbocycles. The molecule has 0 radical (unpaired) electrons. The van der Waals surface area contributed by atoms with Crippen LogP contribution in [0.25, 0.3) is 27.1 Å². The first kappa shape index (κ1) is 11.1. The molecule has 0 unspecified atom stereocenters. The summed E-state index contributed by atoms with van der Waals surface area (Å²) < 4.78 is 1.99. The first-order valence-electron chi connectivity index (χ1n) is 6.41. The Morgan fingerprint density at radius 1 is 0.800 bits per heavy atom. The third-order valence-corrected chi connectivity index (χ3v) is 3.66. The zero-order valence-corrected chi connectivity index (χ0v) is 10.6. The zero-order valence-electron chi connectivity index (χ0n) is 10.6. The molecule has 0 amide bonds. The molecule has 4 rings (SSSR count). The second-order valence-corrected chi connectivity index (χ2v) is 4.94. The summed E-state index contributed by atoms with van der Waals surface area (Å²) >= 11 is 0. The van der Waals surface area contributed by atoms with Gasteiger partial charge in [-0.05, 0) is 17.5 Å². The van der Waals surface area contributed by atoms with Crippen LogP contribution in [0.4, 0.5) is 0 Å². The topological polar surface area (TPSA) is 44.6 Å². The summed E-state index contributed by atoms with van der Waals surface area (Å²) in [5.74, 6) is 0.155. The van der Waals surface area contributed by atoms with Gasteiger partial charge in [0, 0.05) is 23.6 Å². The minimum atomic E-state index is 0.0691. The van der Waals surface area contributed by atoms with Crippen molar-refractivity contribution in [1.29, 1.82) is 0 Å². The van der Waals surface area contributed by atoms with Crippen LogP contribution in [0.15, 0.2) is 60.9 Å². The number of benzene rings is 2. The Morgan fingerprint density at radius 3 is 2.55 bits per heavy atom. The zero-order chi connectivity index (χ0) is 13.7. The van der Waals surface area contributed by atoms with Crippen LogP contribution in [0.2, 0.25) is 0 Å². The van der Waals surface area contributed by atoms with Gasteiger partial charge in [-0.25, -0.2) is 0 Å². The lowest BCUT2D eigenvalue weighted by Crippen LogP contribution is -2.20. The molecule has 0 spiro atoms. The molecule has 3 nitrogen and oxygen atoms in total. The van der Waals surface area contributed by atoms with Crippen LogP contribution in [0.5, 0.6) is 11.5 Å². The predicted molar refractivity (Wildman–Crippen MR) is 77.9 cm³/mol. The monoisotopic (exact) mass is 262 g/mol. The molecule has 2 heterocycles.